The van der Waals surface area contributed by atoms with Crippen LogP contribution in [0.4, 0.5) is 0 Å². The van der Waals surface area contributed by atoms with Crippen molar-refractivity contribution in [1.29, 1.82) is 0 Å². The monoisotopic (exact) mass is 330 g/mol. The van der Waals surface area contributed by atoms with Crippen molar-refractivity contribution < 1.29 is 4.79 Å². The maximum absolute atomic E-state index is 11.4. The molecule has 2 aromatic carbocycles. The molecule has 0 amide bonds. The topological polar surface area (TPSA) is 29.1 Å². The van der Waals surface area contributed by atoms with E-state index in [1.165, 1.54) is 0 Å². The van der Waals surface area contributed by atoms with Crippen molar-refractivity contribution in [2.75, 3.05) is 0 Å². The summed E-state index contributed by atoms with van der Waals surface area (Å²) >= 11 is 6.05. The quantitative estimate of drug-likeness (QED) is 0.791. The molecule has 2 aromatic rings. The first-order valence-electron chi connectivity index (χ1n) is 7.43. The van der Waals surface area contributed by atoms with Gasteiger partial charge in [-0.1, -0.05) is 86.3 Å². The fourth-order valence-corrected chi connectivity index (χ4v) is 5.88. The van der Waals surface area contributed by atoms with Gasteiger partial charge in [-0.15, -0.1) is 0 Å². The summed E-state index contributed by atoms with van der Waals surface area (Å²) in [5.41, 5.74) is 0. The molecule has 4 heteroatoms. The molecule has 2 nitrogen and oxygen atoms in total. The average molecular weight is 330 g/mol. The molecular weight excluding hydrogens is 309 g/mol. The van der Waals surface area contributed by atoms with E-state index >= 15 is 0 Å². The predicted octanol–water partition coefficient (Wildman–Crippen LogP) is 3.15. The lowest BCUT2D eigenvalue weighted by Crippen LogP contribution is -2.36. The van der Waals surface area contributed by atoms with E-state index in [4.69, 9.17) is 11.8 Å². The predicted molar refractivity (Wildman–Crippen MR) is 98.5 cm³/mol. The Morgan fingerprint density at radius 1 is 1.00 bits per heavy atom. The highest BCUT2D eigenvalue weighted by molar-refractivity contribution is 8.20. The molecule has 0 fully saturated rings. The van der Waals surface area contributed by atoms with Crippen molar-refractivity contribution in [2.24, 2.45) is 5.92 Å². The van der Waals surface area contributed by atoms with Crippen molar-refractivity contribution in [1.82, 2.24) is 5.09 Å². The maximum Gasteiger partial charge on any atom is 0.217 e. The number of benzene rings is 2. The van der Waals surface area contributed by atoms with E-state index in [2.05, 4.69) is 25.2 Å². The molecule has 0 aliphatic rings. The average Bonchev–Trinajstić information content (AvgIpc) is 2.55. The van der Waals surface area contributed by atoms with E-state index in [0.717, 1.165) is 17.0 Å². The summed E-state index contributed by atoms with van der Waals surface area (Å²) in [5, 5.41) is 5.59. The van der Waals surface area contributed by atoms with Crippen LogP contribution < -0.4 is 15.7 Å². The Labute approximate surface area is 138 Å². The van der Waals surface area contributed by atoms with Crippen LogP contribution in [0.2, 0.25) is 0 Å². The van der Waals surface area contributed by atoms with Gasteiger partial charge in [-0.05, 0) is 12.3 Å². The molecule has 0 saturated heterocycles. The Bertz CT molecular complexity index is 599. The Morgan fingerprint density at radius 2 is 1.45 bits per heavy atom. The van der Waals surface area contributed by atoms with Gasteiger partial charge < -0.3 is 0 Å². The van der Waals surface area contributed by atoms with Gasteiger partial charge >= 0.3 is 0 Å². The molecule has 1 radical (unpaired) electrons. The van der Waals surface area contributed by atoms with Crippen molar-refractivity contribution in [3.05, 3.63) is 60.7 Å². The van der Waals surface area contributed by atoms with Crippen LogP contribution in [-0.2, 0) is 16.6 Å². The zero-order chi connectivity index (χ0) is 16.0. The smallest absolute Gasteiger partial charge is 0.217 e. The zero-order valence-electron chi connectivity index (χ0n) is 12.9. The second kappa shape index (κ2) is 7.82. The van der Waals surface area contributed by atoms with Crippen LogP contribution in [0.1, 0.15) is 20.3 Å². The van der Waals surface area contributed by atoms with Crippen LogP contribution in [0.15, 0.2) is 60.7 Å². The van der Waals surface area contributed by atoms with Crippen LogP contribution in [0.5, 0.6) is 0 Å². The molecule has 0 aliphatic heterocycles. The second-order valence-corrected chi connectivity index (χ2v) is 9.86. The Morgan fingerprint density at radius 3 is 1.82 bits per heavy atom. The van der Waals surface area contributed by atoms with E-state index in [9.17, 15) is 4.79 Å². The summed E-state index contributed by atoms with van der Waals surface area (Å²) in [4.78, 5) is 11.4. The van der Waals surface area contributed by atoms with Gasteiger partial charge in [-0.2, -0.15) is 0 Å². The fourth-order valence-electron chi connectivity index (χ4n) is 2.39. The Kier molecular flexibility index (Phi) is 6.07. The largest absolute Gasteiger partial charge is 0.289 e. The van der Waals surface area contributed by atoms with E-state index in [0.29, 0.717) is 5.92 Å². The second-order valence-electron chi connectivity index (χ2n) is 5.71. The van der Waals surface area contributed by atoms with Gasteiger partial charge in [-0.25, -0.2) is 0 Å². The summed E-state index contributed by atoms with van der Waals surface area (Å²) < 4.78 is 0. The minimum atomic E-state index is -2.23. The normalized spacial score (nSPS) is 13.0. The molecule has 0 aliphatic carbocycles. The van der Waals surface area contributed by atoms with Crippen LogP contribution in [-0.4, -0.2) is 12.3 Å². The van der Waals surface area contributed by atoms with E-state index in [-0.39, 0.29) is 6.04 Å². The third kappa shape index (κ3) is 4.13. The van der Waals surface area contributed by atoms with E-state index in [1.807, 2.05) is 60.7 Å². The summed E-state index contributed by atoms with van der Waals surface area (Å²) in [6.07, 6.45) is 0.634. The fraction of sp³-hybridized carbons (Fsp3) is 0.278. The van der Waals surface area contributed by atoms with Crippen LogP contribution in [0, 0.1) is 5.92 Å². The van der Waals surface area contributed by atoms with Gasteiger partial charge in [0.25, 0.3) is 0 Å². The van der Waals surface area contributed by atoms with Gasteiger partial charge in [0.05, 0.1) is 12.2 Å². The van der Waals surface area contributed by atoms with Gasteiger partial charge in [0, 0.05) is 10.6 Å². The van der Waals surface area contributed by atoms with Crippen molar-refractivity contribution in [3.63, 3.8) is 0 Å². The first-order chi connectivity index (χ1) is 10.6. The highest BCUT2D eigenvalue weighted by atomic mass is 32.4. The molecule has 0 saturated carbocycles. The van der Waals surface area contributed by atoms with Gasteiger partial charge in [-0.3, -0.25) is 9.88 Å². The molecule has 0 unspecified atom stereocenters. The minimum Gasteiger partial charge on any atom is -0.289 e. The molecule has 0 bridgehead atoms. The van der Waals surface area contributed by atoms with E-state index < -0.39 is 6.19 Å². The lowest BCUT2D eigenvalue weighted by Gasteiger charge is -2.28. The SMILES string of the molecule is CC(C)C[C@@H]([C]=O)NP(=S)(c1ccccc1)c1ccccc1. The zero-order valence-corrected chi connectivity index (χ0v) is 14.6. The summed E-state index contributed by atoms with van der Waals surface area (Å²) in [5.74, 6) is 0.411. The van der Waals surface area contributed by atoms with Gasteiger partial charge in [0.1, 0.15) is 0 Å². The summed E-state index contributed by atoms with van der Waals surface area (Å²) in [6.45, 7) is 4.20. The van der Waals surface area contributed by atoms with E-state index in [1.54, 1.807) is 0 Å². The molecule has 1 N–H and O–H groups in total. The molecule has 2 rings (SSSR count). The Balaban J connectivity index is 2.43. The number of rotatable bonds is 7. The van der Waals surface area contributed by atoms with Crippen LogP contribution in [0.25, 0.3) is 0 Å². The molecule has 22 heavy (non-hydrogen) atoms. The molecule has 0 aromatic heterocycles. The summed E-state index contributed by atoms with van der Waals surface area (Å²) in [6, 6.07) is 19.7. The first-order valence-corrected chi connectivity index (χ1v) is 10.2. The molecule has 0 spiro atoms. The lowest BCUT2D eigenvalue weighted by atomic mass is 10.1. The molecule has 0 heterocycles. The standard InChI is InChI=1S/C18H21NOPS/c1-15(2)13-16(14-20)19-21(22,17-9-5-3-6-10-17)18-11-7-4-8-12-18/h3-12,15-16H,13H2,1-2H3,(H,19,22)/t16-/m0/s1. The Hall–Kier alpha value is -1.28. The molecular formula is C18H21NOPS. The van der Waals surface area contributed by atoms with Crippen LogP contribution >= 0.6 is 6.19 Å². The minimum absolute atomic E-state index is 0.341. The van der Waals surface area contributed by atoms with Crippen molar-refractivity contribution in [2.45, 2.75) is 26.3 Å². The maximum atomic E-state index is 11.4. The number of carbonyl (C=O) groups excluding carboxylic acids is 1. The highest BCUT2D eigenvalue weighted by Gasteiger charge is 2.26. The third-order valence-corrected chi connectivity index (χ3v) is 7.73. The molecule has 115 valence electrons. The number of hydrogen-bond acceptors (Lipinski definition) is 2. The highest BCUT2D eigenvalue weighted by Crippen LogP contribution is 2.40. The summed E-state index contributed by atoms with van der Waals surface area (Å²) in [7, 11) is 0. The number of hydrogen-bond donors (Lipinski definition) is 1. The lowest BCUT2D eigenvalue weighted by molar-refractivity contribution is 0.494. The van der Waals surface area contributed by atoms with Crippen LogP contribution in [0.3, 0.4) is 0 Å². The molecule has 1 atom stereocenters. The van der Waals surface area contributed by atoms with Crippen molar-refractivity contribution >= 4 is 34.9 Å². The van der Waals surface area contributed by atoms with Crippen molar-refractivity contribution in [3.8, 4) is 0 Å². The number of nitrogens with one attached hydrogen (secondary N) is 1. The van der Waals surface area contributed by atoms with Gasteiger partial charge in [0.2, 0.25) is 6.29 Å². The van der Waals surface area contributed by atoms with Gasteiger partial charge in [0.15, 0.2) is 0 Å². The first kappa shape index (κ1) is 17.1. The third-order valence-electron chi connectivity index (χ3n) is 3.43.